The topological polar surface area (TPSA) is 359 Å². The number of thiazole rings is 4. The Morgan fingerprint density at radius 2 is 1.55 bits per heavy atom. The van der Waals surface area contributed by atoms with Crippen LogP contribution in [0.3, 0.4) is 0 Å². The lowest BCUT2D eigenvalue weighted by molar-refractivity contribution is -0.147. The second-order valence-corrected chi connectivity index (χ2v) is 14.9. The van der Waals surface area contributed by atoms with Crippen LogP contribution >= 0.6 is 45.3 Å². The number of hydrazone groups is 1. The summed E-state index contributed by atoms with van der Waals surface area (Å²) in [5.41, 5.74) is 25.8. The Hall–Kier alpha value is -7.13. The van der Waals surface area contributed by atoms with Crippen LogP contribution in [-0.4, -0.2) is 107 Å². The van der Waals surface area contributed by atoms with Crippen LogP contribution in [0.15, 0.2) is 60.8 Å². The molecule has 64 heavy (non-hydrogen) atoms. The third-order valence-corrected chi connectivity index (χ3v) is 10.8. The summed E-state index contributed by atoms with van der Waals surface area (Å²) >= 11 is 5.47. The molecule has 0 aliphatic rings. The minimum atomic E-state index is -1.27. The quantitative estimate of drug-likeness (QED) is 0.0149. The van der Waals surface area contributed by atoms with E-state index >= 15 is 0 Å². The molecule has 25 nitrogen and oxygen atoms in total. The molecule has 2 unspecified atom stereocenters. The molecule has 0 saturated carbocycles. The fraction of sp³-hybridized carbons (Fsp3) is 0.343. The summed E-state index contributed by atoms with van der Waals surface area (Å²) in [6.07, 6.45) is 5.64. The Labute approximate surface area is 378 Å². The zero-order valence-corrected chi connectivity index (χ0v) is 37.1. The molecule has 0 spiro atoms. The Morgan fingerprint density at radius 3 is 2.09 bits per heavy atom. The number of aromatic nitrogens is 8. The molecular formula is C35H42N16O9S4. The first-order valence-electron chi connectivity index (χ1n) is 17.8. The molecule has 7 aromatic rings. The second kappa shape index (κ2) is 27.7. The molecule has 0 saturated heterocycles. The zero-order chi connectivity index (χ0) is 46.3. The van der Waals surface area contributed by atoms with Crippen LogP contribution < -0.4 is 11.4 Å². The van der Waals surface area contributed by atoms with Gasteiger partial charge in [-0.25, -0.2) is 19.9 Å². The summed E-state index contributed by atoms with van der Waals surface area (Å²) in [6.45, 7) is 5.66. The van der Waals surface area contributed by atoms with E-state index < -0.39 is 30.1 Å². The van der Waals surface area contributed by atoms with Gasteiger partial charge in [-0.15, -0.1) is 45.3 Å². The van der Waals surface area contributed by atoms with Crippen LogP contribution in [0, 0.1) is 0 Å². The van der Waals surface area contributed by atoms with Crippen molar-refractivity contribution < 1.29 is 38.5 Å². The standard InChI is InChI=1S/C10H12N4O2S.C8H10N4O3S.C8H6N4OS.C4H7N3O2.C4H3NOS.CH4/c1-3-16-10(15)7-6(4-13-11)8-9(14(7)2)12-5-17-8;1-2-15-8(14)6(11-12-9)7(13)5-3-10-4-16-5;1-12-5-4(2-10-11-8(5)13)6-7(12)9-3-14-6;1-2-9-4(8)3-6-7-5;6-2-4-1-5-3-7-4;/h4-5H,3,11H2,1-2H3;3-4,6-7,13H,2H2,1H3;2-3H,1H3,(H,11,13);2-3H2,1H3;1-3H;1H4/b13-4+;;;;;. The van der Waals surface area contributed by atoms with Crippen molar-refractivity contribution in [3.05, 3.63) is 92.9 Å². The normalized spacial score (nSPS) is 11.0. The van der Waals surface area contributed by atoms with Crippen molar-refractivity contribution in [2.45, 2.75) is 40.3 Å². The van der Waals surface area contributed by atoms with E-state index in [-0.39, 0.29) is 26.1 Å². The summed E-state index contributed by atoms with van der Waals surface area (Å²) < 4.78 is 19.5. The molecule has 29 heteroatoms. The van der Waals surface area contributed by atoms with Gasteiger partial charge in [0, 0.05) is 47.3 Å². The van der Waals surface area contributed by atoms with E-state index in [9.17, 15) is 29.1 Å². The highest BCUT2D eigenvalue weighted by Gasteiger charge is 2.29. The van der Waals surface area contributed by atoms with E-state index in [1.165, 1.54) is 69.5 Å². The van der Waals surface area contributed by atoms with Crippen molar-refractivity contribution >= 4 is 107 Å². The first kappa shape index (κ1) is 53.0. The number of hydrogen-bond donors (Lipinski definition) is 3. The number of carbonyl (C=O) groups excluding carboxylic acids is 4. The largest absolute Gasteiger partial charge is 0.466 e. The number of rotatable bonds is 12. The third-order valence-electron chi connectivity index (χ3n) is 7.53. The van der Waals surface area contributed by atoms with E-state index in [1.54, 1.807) is 59.7 Å². The lowest BCUT2D eigenvalue weighted by Gasteiger charge is -2.14. The van der Waals surface area contributed by atoms with Gasteiger partial charge in [0.05, 0.1) is 73.4 Å². The summed E-state index contributed by atoms with van der Waals surface area (Å²) in [7, 11) is 3.60. The number of aromatic amines is 1. The summed E-state index contributed by atoms with van der Waals surface area (Å²) in [4.78, 5) is 76.8. The molecule has 0 radical (unpaired) electrons. The van der Waals surface area contributed by atoms with Crippen molar-refractivity contribution in [1.29, 1.82) is 0 Å². The van der Waals surface area contributed by atoms with Gasteiger partial charge in [-0.3, -0.25) is 29.1 Å². The highest BCUT2D eigenvalue weighted by atomic mass is 32.1. The molecule has 2 atom stereocenters. The minimum absolute atomic E-state index is 0. The van der Waals surface area contributed by atoms with Crippen molar-refractivity contribution in [3.63, 3.8) is 0 Å². The van der Waals surface area contributed by atoms with Gasteiger partial charge in [-0.05, 0) is 31.8 Å². The molecule has 0 aliphatic carbocycles. The SMILES string of the molecule is C.CCOC(=O)C(N=[N+]=[N-])C(O)c1cncs1.CCOC(=O)CN=[N+]=[N-].CCOC(=O)c1c(/C=N/N)c2scnc2n1C.Cn1c2ncsc2c2cn[nH]c(=O)c21.O=Cc1cncs1. The number of hydrogen-bond acceptors (Lipinski definition) is 22. The number of nitrogens with zero attached hydrogens (tertiary/aromatic N) is 14. The number of aryl methyl sites for hydroxylation is 2. The molecular weight excluding hydrogens is 917 g/mol. The van der Waals surface area contributed by atoms with Gasteiger partial charge in [-0.2, -0.15) is 10.2 Å². The Kier molecular flexibility index (Phi) is 23.0. The summed E-state index contributed by atoms with van der Waals surface area (Å²) in [6, 6.07) is -1.27. The van der Waals surface area contributed by atoms with Crippen LogP contribution in [0.5, 0.6) is 0 Å². The summed E-state index contributed by atoms with van der Waals surface area (Å²) in [5.74, 6) is 3.53. The monoisotopic (exact) mass is 958 g/mol. The molecule has 7 heterocycles. The van der Waals surface area contributed by atoms with Gasteiger partial charge in [0.1, 0.15) is 23.9 Å². The maximum absolute atomic E-state index is 11.9. The van der Waals surface area contributed by atoms with E-state index in [4.69, 9.17) is 26.4 Å². The maximum atomic E-state index is 11.9. The molecule has 340 valence electrons. The van der Waals surface area contributed by atoms with Crippen molar-refractivity contribution in [1.82, 2.24) is 39.3 Å². The van der Waals surface area contributed by atoms with Gasteiger partial charge in [-0.1, -0.05) is 17.7 Å². The van der Waals surface area contributed by atoms with E-state index in [0.29, 0.717) is 39.7 Å². The Morgan fingerprint density at radius 1 is 0.906 bits per heavy atom. The molecule has 0 amide bonds. The maximum Gasteiger partial charge on any atom is 0.355 e. The van der Waals surface area contributed by atoms with Gasteiger partial charge >= 0.3 is 17.9 Å². The number of nitrogens with one attached hydrogen (secondary N) is 1. The fourth-order valence-electron chi connectivity index (χ4n) is 4.99. The lowest BCUT2D eigenvalue weighted by atomic mass is 10.1. The van der Waals surface area contributed by atoms with Gasteiger partial charge in [0.25, 0.3) is 5.56 Å². The minimum Gasteiger partial charge on any atom is -0.466 e. The van der Waals surface area contributed by atoms with E-state index in [0.717, 1.165) is 32.4 Å². The predicted octanol–water partition coefficient (Wildman–Crippen LogP) is 5.85. The van der Waals surface area contributed by atoms with Gasteiger partial charge in [0.2, 0.25) is 0 Å². The van der Waals surface area contributed by atoms with Crippen LogP contribution in [0.1, 0.15) is 64.9 Å². The number of esters is 3. The average molecular weight is 959 g/mol. The number of aliphatic hydroxyl groups excluding tert-OH is 1. The molecule has 0 bridgehead atoms. The van der Waals surface area contributed by atoms with Gasteiger partial charge < -0.3 is 34.3 Å². The Balaban J connectivity index is 0.000000283. The number of nitrogens with two attached hydrogens (primary N) is 1. The number of carbonyl (C=O) groups is 4. The highest BCUT2D eigenvalue weighted by molar-refractivity contribution is 7.18. The van der Waals surface area contributed by atoms with Crippen LogP contribution in [0.2, 0.25) is 0 Å². The number of aldehydes is 1. The lowest BCUT2D eigenvalue weighted by Crippen LogP contribution is -2.27. The van der Waals surface area contributed by atoms with Crippen LogP contribution in [0.25, 0.3) is 52.5 Å². The second-order valence-electron chi connectivity index (χ2n) is 11.3. The number of fused-ring (bicyclic) bond motifs is 4. The fourth-order valence-corrected chi connectivity index (χ4v) is 7.70. The smallest absolute Gasteiger partial charge is 0.355 e. The average Bonchev–Trinajstić information content (AvgIpc) is 4.14. The Bertz CT molecular complexity index is 2750. The molecule has 7 aromatic heterocycles. The number of aliphatic hydroxyl groups is 1. The van der Waals surface area contributed by atoms with Crippen molar-refractivity contribution in [2.75, 3.05) is 26.4 Å². The van der Waals surface area contributed by atoms with E-state index in [2.05, 4.69) is 60.0 Å². The molecule has 7 rings (SSSR count). The highest BCUT2D eigenvalue weighted by Crippen LogP contribution is 2.28. The number of azide groups is 2. The third kappa shape index (κ3) is 14.2. The molecule has 4 N–H and O–H groups in total. The number of ether oxygens (including phenoxy) is 3. The molecule has 0 aromatic carbocycles. The zero-order valence-electron chi connectivity index (χ0n) is 33.9. The van der Waals surface area contributed by atoms with Crippen LogP contribution in [-0.2, 0) is 37.9 Å². The summed E-state index contributed by atoms with van der Waals surface area (Å²) in [5, 5.41) is 26.6. The van der Waals surface area contributed by atoms with Crippen LogP contribution in [0.4, 0.5) is 0 Å². The first-order valence-corrected chi connectivity index (χ1v) is 21.3. The van der Waals surface area contributed by atoms with Gasteiger partial charge in [0.15, 0.2) is 23.6 Å². The molecule has 0 aliphatic heterocycles. The van der Waals surface area contributed by atoms with Crippen molar-refractivity contribution in [2.24, 2.45) is 35.3 Å². The van der Waals surface area contributed by atoms with E-state index in [1.807, 2.05) is 7.05 Å². The first-order chi connectivity index (χ1) is 30.4. The number of H-pyrrole nitrogens is 1. The van der Waals surface area contributed by atoms with Crippen molar-refractivity contribution in [3.8, 4) is 0 Å². The predicted molar refractivity (Wildman–Crippen MR) is 242 cm³/mol. The molecule has 0 fully saturated rings.